The number of nitrogens with one attached hydrogen (secondary N) is 1. The Kier molecular flexibility index (Phi) is 7.54. The van der Waals surface area contributed by atoms with Crippen LogP contribution >= 0.6 is 11.6 Å². The number of amides is 1. The number of nitrogens with zero attached hydrogens (tertiary/aromatic N) is 2. The average Bonchev–Trinajstić information content (AvgIpc) is 3.09. The first-order valence-electron chi connectivity index (χ1n) is 9.93. The summed E-state index contributed by atoms with van der Waals surface area (Å²) in [6, 6.07) is 10.9. The van der Waals surface area contributed by atoms with Gasteiger partial charge in [-0.2, -0.15) is 0 Å². The number of aromatic nitrogens is 2. The Morgan fingerprint density at radius 2 is 2.00 bits per heavy atom. The van der Waals surface area contributed by atoms with E-state index < -0.39 is 0 Å². The van der Waals surface area contributed by atoms with Gasteiger partial charge in [-0.15, -0.1) is 0 Å². The fraction of sp³-hybridized carbons (Fsp3) is 0.364. The fourth-order valence-electron chi connectivity index (χ4n) is 3.18. The summed E-state index contributed by atoms with van der Waals surface area (Å²) < 4.78 is 18.3. The molecule has 1 N–H and O–H groups in total. The van der Waals surface area contributed by atoms with Crippen LogP contribution in [0.15, 0.2) is 36.4 Å². The van der Waals surface area contributed by atoms with Crippen LogP contribution in [0, 0.1) is 0 Å². The molecule has 1 aromatic heterocycles. The molecule has 0 unspecified atom stereocenters. The summed E-state index contributed by atoms with van der Waals surface area (Å²) in [4.78, 5) is 17.6. The SMILES string of the molecule is CCOCCCn1c(NC(=O)c2cc(Cl)c(OCC)c(OC)c2)nc2ccccc21. The number of para-hydroxylation sites is 2. The third-order valence-corrected chi connectivity index (χ3v) is 4.82. The number of ether oxygens (including phenoxy) is 3. The summed E-state index contributed by atoms with van der Waals surface area (Å²) in [5.74, 6) is 0.961. The summed E-state index contributed by atoms with van der Waals surface area (Å²) in [7, 11) is 1.51. The second-order valence-electron chi connectivity index (χ2n) is 6.50. The minimum atomic E-state index is -0.334. The van der Waals surface area contributed by atoms with Crippen LogP contribution in [-0.2, 0) is 11.3 Å². The lowest BCUT2D eigenvalue weighted by Gasteiger charge is -2.14. The normalized spacial score (nSPS) is 10.9. The number of anilines is 1. The molecule has 0 aliphatic carbocycles. The molecule has 30 heavy (non-hydrogen) atoms. The molecular weight excluding hydrogens is 406 g/mol. The van der Waals surface area contributed by atoms with E-state index in [1.54, 1.807) is 12.1 Å². The zero-order valence-corrected chi connectivity index (χ0v) is 18.2. The highest BCUT2D eigenvalue weighted by Crippen LogP contribution is 2.36. The molecule has 160 valence electrons. The standard InChI is InChI=1S/C22H26ClN3O4/c1-4-29-12-8-11-26-18-10-7-6-9-17(18)24-22(26)25-21(27)15-13-16(23)20(30-5-2)19(14-15)28-3/h6-7,9-10,13-14H,4-5,8,11-12H2,1-3H3,(H,24,25,27). The smallest absolute Gasteiger partial charge is 0.258 e. The Balaban J connectivity index is 1.88. The first-order chi connectivity index (χ1) is 14.6. The van der Waals surface area contributed by atoms with Gasteiger partial charge in [-0.05, 0) is 44.5 Å². The number of rotatable bonds is 10. The van der Waals surface area contributed by atoms with Crippen LogP contribution in [0.5, 0.6) is 11.5 Å². The molecule has 0 aliphatic rings. The van der Waals surface area contributed by atoms with E-state index in [-0.39, 0.29) is 5.91 Å². The molecule has 0 spiro atoms. The van der Waals surface area contributed by atoms with Crippen molar-refractivity contribution in [2.75, 3.05) is 32.2 Å². The molecule has 0 radical (unpaired) electrons. The van der Waals surface area contributed by atoms with Crippen LogP contribution in [0.2, 0.25) is 5.02 Å². The Labute approximate surface area is 180 Å². The van der Waals surface area contributed by atoms with Gasteiger partial charge in [0.1, 0.15) is 0 Å². The lowest BCUT2D eigenvalue weighted by Crippen LogP contribution is -2.17. The van der Waals surface area contributed by atoms with E-state index in [2.05, 4.69) is 10.3 Å². The second-order valence-corrected chi connectivity index (χ2v) is 6.91. The average molecular weight is 432 g/mol. The molecule has 1 amide bonds. The highest BCUT2D eigenvalue weighted by atomic mass is 35.5. The van der Waals surface area contributed by atoms with E-state index in [9.17, 15) is 4.79 Å². The summed E-state index contributed by atoms with van der Waals surface area (Å²) in [5.41, 5.74) is 2.12. The molecule has 3 aromatic rings. The molecule has 8 heteroatoms. The number of hydrogen-bond donors (Lipinski definition) is 1. The van der Waals surface area contributed by atoms with Crippen molar-refractivity contribution in [3.05, 3.63) is 47.0 Å². The van der Waals surface area contributed by atoms with Gasteiger partial charge in [0.05, 0.1) is 29.8 Å². The van der Waals surface area contributed by atoms with Gasteiger partial charge in [-0.3, -0.25) is 10.1 Å². The maximum Gasteiger partial charge on any atom is 0.258 e. The predicted octanol–water partition coefficient (Wildman–Crippen LogP) is 4.78. The first-order valence-corrected chi connectivity index (χ1v) is 10.3. The Hall–Kier alpha value is -2.77. The second kappa shape index (κ2) is 10.3. The van der Waals surface area contributed by atoms with Gasteiger partial charge >= 0.3 is 0 Å². The van der Waals surface area contributed by atoms with Crippen LogP contribution in [0.25, 0.3) is 11.0 Å². The van der Waals surface area contributed by atoms with E-state index in [0.717, 1.165) is 17.5 Å². The number of carbonyl (C=O) groups excluding carboxylic acids is 1. The van der Waals surface area contributed by atoms with Gasteiger partial charge < -0.3 is 18.8 Å². The van der Waals surface area contributed by atoms with Gasteiger partial charge in [0.15, 0.2) is 11.5 Å². The molecule has 0 atom stereocenters. The van der Waals surface area contributed by atoms with E-state index in [4.69, 9.17) is 25.8 Å². The van der Waals surface area contributed by atoms with Crippen LogP contribution in [0.4, 0.5) is 5.95 Å². The van der Waals surface area contributed by atoms with Crippen molar-refractivity contribution in [1.82, 2.24) is 9.55 Å². The fourth-order valence-corrected chi connectivity index (χ4v) is 3.44. The minimum absolute atomic E-state index is 0.312. The molecule has 0 bridgehead atoms. The lowest BCUT2D eigenvalue weighted by molar-refractivity contribution is 0.102. The van der Waals surface area contributed by atoms with E-state index in [1.807, 2.05) is 42.7 Å². The maximum absolute atomic E-state index is 13.0. The molecule has 1 heterocycles. The van der Waals surface area contributed by atoms with Crippen LogP contribution in [0.1, 0.15) is 30.6 Å². The highest BCUT2D eigenvalue weighted by Gasteiger charge is 2.18. The summed E-state index contributed by atoms with van der Waals surface area (Å²) in [6.07, 6.45) is 0.805. The van der Waals surface area contributed by atoms with Crippen molar-refractivity contribution < 1.29 is 19.0 Å². The van der Waals surface area contributed by atoms with Gasteiger partial charge in [-0.25, -0.2) is 4.98 Å². The zero-order chi connectivity index (χ0) is 21.5. The molecule has 2 aromatic carbocycles. The number of hydrogen-bond acceptors (Lipinski definition) is 5. The third kappa shape index (κ3) is 4.86. The number of benzene rings is 2. The van der Waals surface area contributed by atoms with Crippen LogP contribution in [0.3, 0.4) is 0 Å². The Morgan fingerprint density at radius 1 is 1.20 bits per heavy atom. The molecule has 0 saturated heterocycles. The van der Waals surface area contributed by atoms with Gasteiger partial charge in [0, 0.05) is 25.3 Å². The van der Waals surface area contributed by atoms with Crippen molar-refractivity contribution in [1.29, 1.82) is 0 Å². The van der Waals surface area contributed by atoms with Crippen molar-refractivity contribution in [2.24, 2.45) is 0 Å². The molecule has 7 nitrogen and oxygen atoms in total. The number of carbonyl (C=O) groups is 1. The number of fused-ring (bicyclic) bond motifs is 1. The number of aryl methyl sites for hydroxylation is 1. The van der Waals surface area contributed by atoms with Crippen molar-refractivity contribution >= 4 is 34.5 Å². The lowest BCUT2D eigenvalue weighted by atomic mass is 10.2. The van der Waals surface area contributed by atoms with E-state index in [1.165, 1.54) is 7.11 Å². The topological polar surface area (TPSA) is 74.6 Å². The van der Waals surface area contributed by atoms with Gasteiger partial charge in [0.25, 0.3) is 5.91 Å². The van der Waals surface area contributed by atoms with Gasteiger partial charge in [-0.1, -0.05) is 23.7 Å². The first kappa shape index (κ1) is 21.9. The zero-order valence-electron chi connectivity index (χ0n) is 17.4. The summed E-state index contributed by atoms with van der Waals surface area (Å²) >= 11 is 6.31. The largest absolute Gasteiger partial charge is 0.493 e. The molecular formula is C22H26ClN3O4. The predicted molar refractivity (Wildman–Crippen MR) is 118 cm³/mol. The quantitative estimate of drug-likeness (QED) is 0.468. The van der Waals surface area contributed by atoms with Crippen molar-refractivity contribution in [3.8, 4) is 11.5 Å². The molecule has 3 rings (SSSR count). The summed E-state index contributed by atoms with van der Waals surface area (Å²) in [5, 5.41) is 3.22. The molecule has 0 saturated carbocycles. The van der Waals surface area contributed by atoms with Crippen LogP contribution in [-0.4, -0.2) is 42.4 Å². The Morgan fingerprint density at radius 3 is 2.73 bits per heavy atom. The number of methoxy groups -OCH3 is 1. The maximum atomic E-state index is 13.0. The minimum Gasteiger partial charge on any atom is -0.493 e. The highest BCUT2D eigenvalue weighted by molar-refractivity contribution is 6.32. The van der Waals surface area contributed by atoms with Gasteiger partial charge in [0.2, 0.25) is 5.95 Å². The van der Waals surface area contributed by atoms with E-state index in [0.29, 0.717) is 54.4 Å². The number of imidazole rings is 1. The van der Waals surface area contributed by atoms with E-state index >= 15 is 0 Å². The van der Waals surface area contributed by atoms with Crippen molar-refractivity contribution in [3.63, 3.8) is 0 Å². The monoisotopic (exact) mass is 431 g/mol. The van der Waals surface area contributed by atoms with Crippen molar-refractivity contribution in [2.45, 2.75) is 26.8 Å². The third-order valence-electron chi connectivity index (χ3n) is 4.53. The van der Waals surface area contributed by atoms with Crippen LogP contribution < -0.4 is 14.8 Å². The molecule has 0 fully saturated rings. The Bertz CT molecular complexity index is 1020. The molecule has 0 aliphatic heterocycles. The summed E-state index contributed by atoms with van der Waals surface area (Å²) in [6.45, 7) is 6.24. The number of halogens is 1.